The lowest BCUT2D eigenvalue weighted by molar-refractivity contribution is 0.0956. The highest BCUT2D eigenvalue weighted by atomic mass is 32.1. The van der Waals surface area contributed by atoms with E-state index in [1.54, 1.807) is 0 Å². The number of aryl methyl sites for hydroxylation is 1. The maximum atomic E-state index is 12.2. The van der Waals surface area contributed by atoms with Crippen LogP contribution in [0.3, 0.4) is 0 Å². The van der Waals surface area contributed by atoms with E-state index in [9.17, 15) is 4.79 Å². The molecule has 0 radical (unpaired) electrons. The fourth-order valence-corrected chi connectivity index (χ4v) is 3.13. The molecule has 1 amide bonds. The molecule has 0 aliphatic carbocycles. The number of hydrogen-bond acceptors (Lipinski definition) is 5. The van der Waals surface area contributed by atoms with Gasteiger partial charge in [-0.1, -0.05) is 0 Å². The Balaban J connectivity index is 2.06. The molecule has 1 heterocycles. The van der Waals surface area contributed by atoms with E-state index >= 15 is 0 Å². The smallest absolute Gasteiger partial charge is 0.263 e. The lowest BCUT2D eigenvalue weighted by atomic mass is 10.2. The molecule has 2 N–H and O–H groups in total. The van der Waals surface area contributed by atoms with Crippen LogP contribution in [-0.2, 0) is 0 Å². The van der Waals surface area contributed by atoms with Crippen molar-refractivity contribution >= 4 is 17.2 Å². The Kier molecular flexibility index (Phi) is 6.55. The zero-order chi connectivity index (χ0) is 16.7. The molecule has 2 rings (SSSR count). The first-order valence-corrected chi connectivity index (χ1v) is 8.60. The quantitative estimate of drug-likeness (QED) is 0.729. The molecule has 6 heteroatoms. The Hall–Kier alpha value is -1.92. The van der Waals surface area contributed by atoms with Gasteiger partial charge < -0.3 is 15.4 Å². The average Bonchev–Trinajstić information content (AvgIpc) is 2.94. The van der Waals surface area contributed by atoms with Crippen LogP contribution in [0.25, 0.3) is 10.6 Å². The predicted molar refractivity (Wildman–Crippen MR) is 94.3 cm³/mol. The van der Waals surface area contributed by atoms with Gasteiger partial charge in [0.2, 0.25) is 0 Å². The first kappa shape index (κ1) is 17.4. The maximum Gasteiger partial charge on any atom is 0.263 e. The largest absolute Gasteiger partial charge is 0.494 e. The van der Waals surface area contributed by atoms with Crippen LogP contribution in [0.4, 0.5) is 0 Å². The van der Waals surface area contributed by atoms with Gasteiger partial charge in [-0.25, -0.2) is 4.98 Å². The van der Waals surface area contributed by atoms with Crippen molar-refractivity contribution in [2.45, 2.75) is 20.3 Å². The van der Waals surface area contributed by atoms with Gasteiger partial charge in [-0.05, 0) is 58.1 Å². The van der Waals surface area contributed by atoms with Crippen molar-refractivity contribution in [1.82, 2.24) is 15.6 Å². The fraction of sp³-hybridized carbons (Fsp3) is 0.412. The summed E-state index contributed by atoms with van der Waals surface area (Å²) in [7, 11) is 1.90. The lowest BCUT2D eigenvalue weighted by Gasteiger charge is -2.03. The number of thiazole rings is 1. The number of nitrogens with zero attached hydrogens (tertiary/aromatic N) is 1. The van der Waals surface area contributed by atoms with Gasteiger partial charge in [0.25, 0.3) is 5.91 Å². The van der Waals surface area contributed by atoms with Crippen LogP contribution < -0.4 is 15.4 Å². The molecule has 0 fully saturated rings. The second-order valence-electron chi connectivity index (χ2n) is 5.10. The minimum Gasteiger partial charge on any atom is -0.494 e. The van der Waals surface area contributed by atoms with Crippen LogP contribution in [0.1, 0.15) is 28.7 Å². The third-order valence-electron chi connectivity index (χ3n) is 3.30. The molecule has 1 aromatic heterocycles. The van der Waals surface area contributed by atoms with Crippen molar-refractivity contribution < 1.29 is 9.53 Å². The highest BCUT2D eigenvalue weighted by molar-refractivity contribution is 7.17. The normalized spacial score (nSPS) is 10.6. The third kappa shape index (κ3) is 4.77. The van der Waals surface area contributed by atoms with Crippen molar-refractivity contribution in [3.05, 3.63) is 34.8 Å². The van der Waals surface area contributed by atoms with E-state index in [1.165, 1.54) is 11.3 Å². The molecule has 0 unspecified atom stereocenters. The lowest BCUT2D eigenvalue weighted by Crippen LogP contribution is -2.26. The molecule has 23 heavy (non-hydrogen) atoms. The van der Waals surface area contributed by atoms with Crippen molar-refractivity contribution in [2.24, 2.45) is 0 Å². The van der Waals surface area contributed by atoms with E-state index in [2.05, 4.69) is 15.6 Å². The second kappa shape index (κ2) is 8.64. The number of ether oxygens (including phenoxy) is 1. The molecule has 0 atom stereocenters. The molecule has 124 valence electrons. The number of hydrogen-bond donors (Lipinski definition) is 2. The molecule has 2 aromatic rings. The molecule has 0 spiro atoms. The van der Waals surface area contributed by atoms with Gasteiger partial charge in [-0.2, -0.15) is 0 Å². The highest BCUT2D eigenvalue weighted by Crippen LogP contribution is 2.29. The Morgan fingerprint density at radius 1 is 1.26 bits per heavy atom. The molecule has 0 bridgehead atoms. The van der Waals surface area contributed by atoms with Crippen LogP contribution in [0.2, 0.25) is 0 Å². The van der Waals surface area contributed by atoms with Gasteiger partial charge in [0.1, 0.15) is 15.6 Å². The molecule has 0 saturated heterocycles. The number of aromatic nitrogens is 1. The van der Waals surface area contributed by atoms with Crippen LogP contribution in [0.5, 0.6) is 5.75 Å². The van der Waals surface area contributed by atoms with Crippen molar-refractivity contribution in [3.63, 3.8) is 0 Å². The summed E-state index contributed by atoms with van der Waals surface area (Å²) in [6.45, 7) is 6.03. The summed E-state index contributed by atoms with van der Waals surface area (Å²) in [6.07, 6.45) is 0.909. The van der Waals surface area contributed by atoms with E-state index in [4.69, 9.17) is 4.74 Å². The molecule has 0 aliphatic heterocycles. The zero-order valence-electron chi connectivity index (χ0n) is 13.8. The van der Waals surface area contributed by atoms with Gasteiger partial charge >= 0.3 is 0 Å². The standard InChI is InChI=1S/C17H23N3O2S/c1-4-22-14-8-6-13(7-9-14)17-20-12(2)15(23-17)16(21)19-11-5-10-18-3/h6-9,18H,4-5,10-11H2,1-3H3,(H,19,21). The fourth-order valence-electron chi connectivity index (χ4n) is 2.14. The third-order valence-corrected chi connectivity index (χ3v) is 4.51. The summed E-state index contributed by atoms with van der Waals surface area (Å²) in [6, 6.07) is 7.79. The van der Waals surface area contributed by atoms with Crippen LogP contribution in [0, 0.1) is 6.92 Å². The van der Waals surface area contributed by atoms with E-state index in [0.29, 0.717) is 18.0 Å². The van der Waals surface area contributed by atoms with Gasteiger partial charge in [-0.15, -0.1) is 11.3 Å². The summed E-state index contributed by atoms with van der Waals surface area (Å²) in [5.41, 5.74) is 1.76. The number of amides is 1. The van der Waals surface area contributed by atoms with E-state index in [1.807, 2.05) is 45.2 Å². The Labute approximate surface area is 141 Å². The minimum atomic E-state index is -0.0479. The van der Waals surface area contributed by atoms with Gasteiger partial charge in [0.15, 0.2) is 0 Å². The van der Waals surface area contributed by atoms with Crippen LogP contribution in [-0.4, -0.2) is 37.6 Å². The van der Waals surface area contributed by atoms with Crippen molar-refractivity contribution in [3.8, 4) is 16.3 Å². The van der Waals surface area contributed by atoms with Crippen molar-refractivity contribution in [1.29, 1.82) is 0 Å². The van der Waals surface area contributed by atoms with Gasteiger partial charge in [-0.3, -0.25) is 4.79 Å². The second-order valence-corrected chi connectivity index (χ2v) is 6.10. The molecule has 0 aliphatic rings. The van der Waals surface area contributed by atoms with Crippen LogP contribution >= 0.6 is 11.3 Å². The Morgan fingerprint density at radius 2 is 2.00 bits per heavy atom. The van der Waals surface area contributed by atoms with Gasteiger partial charge in [0.05, 0.1) is 12.3 Å². The molecule has 5 nitrogen and oxygen atoms in total. The average molecular weight is 333 g/mol. The molecular formula is C17H23N3O2S. The highest BCUT2D eigenvalue weighted by Gasteiger charge is 2.15. The first-order valence-electron chi connectivity index (χ1n) is 7.79. The number of carbonyl (C=O) groups is 1. The predicted octanol–water partition coefficient (Wildman–Crippen LogP) is 2.86. The zero-order valence-corrected chi connectivity index (χ0v) is 14.6. The SMILES string of the molecule is CCOc1ccc(-c2nc(C)c(C(=O)NCCCNC)s2)cc1. The summed E-state index contributed by atoms with van der Waals surface area (Å²) >= 11 is 1.42. The van der Waals surface area contributed by atoms with E-state index < -0.39 is 0 Å². The number of nitrogens with one attached hydrogen (secondary N) is 2. The summed E-state index contributed by atoms with van der Waals surface area (Å²) < 4.78 is 5.44. The monoisotopic (exact) mass is 333 g/mol. The number of rotatable bonds is 8. The van der Waals surface area contributed by atoms with Crippen molar-refractivity contribution in [2.75, 3.05) is 26.7 Å². The minimum absolute atomic E-state index is 0.0479. The molecule has 0 saturated carbocycles. The Morgan fingerprint density at radius 3 is 2.65 bits per heavy atom. The Bertz CT molecular complexity index is 638. The van der Waals surface area contributed by atoms with E-state index in [0.717, 1.165) is 35.0 Å². The van der Waals surface area contributed by atoms with E-state index in [-0.39, 0.29) is 5.91 Å². The van der Waals surface area contributed by atoms with Gasteiger partial charge in [0, 0.05) is 12.1 Å². The number of benzene rings is 1. The van der Waals surface area contributed by atoms with Crippen LogP contribution in [0.15, 0.2) is 24.3 Å². The maximum absolute atomic E-state index is 12.2. The molecular weight excluding hydrogens is 310 g/mol. The molecule has 1 aromatic carbocycles. The number of carbonyl (C=O) groups excluding carboxylic acids is 1. The first-order chi connectivity index (χ1) is 11.2. The topological polar surface area (TPSA) is 63.2 Å². The summed E-state index contributed by atoms with van der Waals surface area (Å²) in [5, 5.41) is 6.85. The summed E-state index contributed by atoms with van der Waals surface area (Å²) in [4.78, 5) is 17.4. The summed E-state index contributed by atoms with van der Waals surface area (Å²) in [5.74, 6) is 0.792.